The molecule has 2 heterocycles. The largest absolute Gasteiger partial charge is 0.343 e. The topological polar surface area (TPSA) is 60.9 Å². The maximum absolute atomic E-state index is 12.6. The van der Waals surface area contributed by atoms with Crippen LogP contribution in [0.25, 0.3) is 0 Å². The van der Waals surface area contributed by atoms with Crippen molar-refractivity contribution >= 4 is 35.5 Å². The summed E-state index contributed by atoms with van der Waals surface area (Å²) in [6.45, 7) is 2.39. The van der Waals surface area contributed by atoms with Gasteiger partial charge in [-0.25, -0.2) is 4.90 Å². The van der Waals surface area contributed by atoms with Gasteiger partial charge in [0, 0.05) is 31.2 Å². The normalized spacial score (nSPS) is 23.2. The van der Waals surface area contributed by atoms with Crippen LogP contribution in [0.1, 0.15) is 6.42 Å². The van der Waals surface area contributed by atoms with E-state index in [1.165, 1.54) is 4.90 Å². The molecule has 2 aliphatic rings. The Hall–Kier alpha value is -1.92. The zero-order valence-corrected chi connectivity index (χ0v) is 12.7. The summed E-state index contributed by atoms with van der Waals surface area (Å²) in [4.78, 5) is 40.4. The molecule has 2 saturated heterocycles. The molecule has 3 rings (SSSR count). The number of amides is 3. The molecule has 0 radical (unpaired) electrons. The van der Waals surface area contributed by atoms with Gasteiger partial charge in [0.2, 0.25) is 12.3 Å². The first-order valence-electron chi connectivity index (χ1n) is 7.16. The molecule has 7 heteroatoms. The Morgan fingerprint density at radius 1 is 1.05 bits per heavy atom. The highest BCUT2D eigenvalue weighted by Gasteiger charge is 2.43. The number of rotatable bonds is 3. The van der Waals surface area contributed by atoms with E-state index in [4.69, 9.17) is 11.6 Å². The first-order chi connectivity index (χ1) is 10.6. The van der Waals surface area contributed by atoms with Gasteiger partial charge in [-0.15, -0.1) is 0 Å². The fraction of sp³-hybridized carbons (Fsp3) is 0.400. The Kier molecular flexibility index (Phi) is 4.13. The first kappa shape index (κ1) is 15.0. The van der Waals surface area contributed by atoms with E-state index in [9.17, 15) is 14.4 Å². The lowest BCUT2D eigenvalue weighted by atomic mass is 10.2. The molecule has 2 fully saturated rings. The van der Waals surface area contributed by atoms with Crippen molar-refractivity contribution in [1.82, 2.24) is 9.80 Å². The highest BCUT2D eigenvalue weighted by Crippen LogP contribution is 2.27. The van der Waals surface area contributed by atoms with E-state index in [1.54, 1.807) is 29.2 Å². The minimum absolute atomic E-state index is 0.183. The Morgan fingerprint density at radius 2 is 1.68 bits per heavy atom. The van der Waals surface area contributed by atoms with Crippen LogP contribution in [0, 0.1) is 0 Å². The second-order valence-corrected chi connectivity index (χ2v) is 5.88. The van der Waals surface area contributed by atoms with Crippen molar-refractivity contribution in [3.63, 3.8) is 0 Å². The minimum Gasteiger partial charge on any atom is -0.343 e. The van der Waals surface area contributed by atoms with Gasteiger partial charge in [-0.3, -0.25) is 19.3 Å². The van der Waals surface area contributed by atoms with Gasteiger partial charge < -0.3 is 4.90 Å². The summed E-state index contributed by atoms with van der Waals surface area (Å²) >= 11 is 5.84. The lowest BCUT2D eigenvalue weighted by Crippen LogP contribution is -2.52. The van der Waals surface area contributed by atoms with Gasteiger partial charge in [-0.2, -0.15) is 0 Å². The van der Waals surface area contributed by atoms with Gasteiger partial charge in [0.05, 0.1) is 18.2 Å². The van der Waals surface area contributed by atoms with E-state index in [2.05, 4.69) is 0 Å². The zero-order chi connectivity index (χ0) is 15.7. The third-order valence-corrected chi connectivity index (χ3v) is 4.40. The molecule has 3 amide bonds. The molecule has 1 aromatic carbocycles. The number of halogens is 1. The van der Waals surface area contributed by atoms with Gasteiger partial charge >= 0.3 is 0 Å². The SMILES string of the molecule is O=CN1CCN([C@H]2CC(=O)N(c3ccc(Cl)cc3)C2=O)CC1. The molecule has 0 N–H and O–H groups in total. The van der Waals surface area contributed by atoms with Crippen molar-refractivity contribution in [2.24, 2.45) is 0 Å². The second-order valence-electron chi connectivity index (χ2n) is 5.44. The average molecular weight is 322 g/mol. The maximum Gasteiger partial charge on any atom is 0.251 e. The highest BCUT2D eigenvalue weighted by molar-refractivity contribution is 6.30. The van der Waals surface area contributed by atoms with Gasteiger partial charge in [0.1, 0.15) is 0 Å². The van der Waals surface area contributed by atoms with Gasteiger partial charge in [-0.05, 0) is 24.3 Å². The summed E-state index contributed by atoms with van der Waals surface area (Å²) in [5.41, 5.74) is 0.549. The number of anilines is 1. The molecule has 0 aliphatic carbocycles. The lowest BCUT2D eigenvalue weighted by Gasteiger charge is -2.35. The summed E-state index contributed by atoms with van der Waals surface area (Å²) in [6.07, 6.45) is 1.00. The van der Waals surface area contributed by atoms with Crippen LogP contribution in [0.3, 0.4) is 0 Å². The van der Waals surface area contributed by atoms with Crippen molar-refractivity contribution in [3.05, 3.63) is 29.3 Å². The Balaban J connectivity index is 1.74. The first-order valence-corrected chi connectivity index (χ1v) is 7.53. The number of carbonyl (C=O) groups is 3. The summed E-state index contributed by atoms with van der Waals surface area (Å²) in [7, 11) is 0. The number of carbonyl (C=O) groups excluding carboxylic acids is 3. The Labute approximate surface area is 133 Å². The Morgan fingerprint density at radius 3 is 2.27 bits per heavy atom. The summed E-state index contributed by atoms with van der Waals surface area (Å²) in [5, 5.41) is 0.560. The van der Waals surface area contributed by atoms with Crippen LogP contribution in [0.5, 0.6) is 0 Å². The number of piperazine rings is 1. The molecule has 0 saturated carbocycles. The van der Waals surface area contributed by atoms with E-state index in [1.807, 2.05) is 4.90 Å². The van der Waals surface area contributed by atoms with Crippen molar-refractivity contribution < 1.29 is 14.4 Å². The molecule has 0 aromatic heterocycles. The highest BCUT2D eigenvalue weighted by atomic mass is 35.5. The number of benzene rings is 1. The molecule has 22 heavy (non-hydrogen) atoms. The number of imide groups is 1. The monoisotopic (exact) mass is 321 g/mol. The van der Waals surface area contributed by atoms with Crippen LogP contribution in [0.4, 0.5) is 5.69 Å². The molecule has 2 aliphatic heterocycles. The predicted octanol–water partition coefficient (Wildman–Crippen LogP) is 0.746. The number of nitrogens with zero attached hydrogens (tertiary/aromatic N) is 3. The Bertz CT molecular complexity index is 597. The molecule has 1 aromatic rings. The van der Waals surface area contributed by atoms with Crippen LogP contribution < -0.4 is 4.90 Å². The van der Waals surface area contributed by atoms with Crippen molar-refractivity contribution in [3.8, 4) is 0 Å². The fourth-order valence-electron chi connectivity index (χ4n) is 2.92. The molecule has 116 valence electrons. The second kappa shape index (κ2) is 6.06. The van der Waals surface area contributed by atoms with Crippen molar-refractivity contribution in [2.45, 2.75) is 12.5 Å². The molecule has 1 atom stereocenters. The van der Waals surface area contributed by atoms with Gasteiger partial charge in [-0.1, -0.05) is 11.6 Å². The number of hydrogen-bond donors (Lipinski definition) is 0. The van der Waals surface area contributed by atoms with Crippen molar-refractivity contribution in [2.75, 3.05) is 31.1 Å². The quantitative estimate of drug-likeness (QED) is 0.609. The summed E-state index contributed by atoms with van der Waals surface area (Å²) in [5.74, 6) is -0.401. The third-order valence-electron chi connectivity index (χ3n) is 4.15. The minimum atomic E-state index is -0.433. The van der Waals surface area contributed by atoms with Gasteiger partial charge in [0.25, 0.3) is 5.91 Å². The number of hydrogen-bond acceptors (Lipinski definition) is 4. The van der Waals surface area contributed by atoms with Crippen LogP contribution >= 0.6 is 11.6 Å². The molecule has 6 nitrogen and oxygen atoms in total. The average Bonchev–Trinajstić information content (AvgIpc) is 2.83. The van der Waals surface area contributed by atoms with E-state index >= 15 is 0 Å². The molecular formula is C15H16ClN3O3. The molecule has 0 bridgehead atoms. The zero-order valence-electron chi connectivity index (χ0n) is 11.9. The third kappa shape index (κ3) is 2.71. The molecular weight excluding hydrogens is 306 g/mol. The van der Waals surface area contributed by atoms with E-state index in [0.29, 0.717) is 36.9 Å². The summed E-state index contributed by atoms with van der Waals surface area (Å²) < 4.78 is 0. The van der Waals surface area contributed by atoms with E-state index in [0.717, 1.165) is 6.41 Å². The smallest absolute Gasteiger partial charge is 0.251 e. The fourth-order valence-corrected chi connectivity index (χ4v) is 3.04. The van der Waals surface area contributed by atoms with Crippen LogP contribution in [-0.4, -0.2) is 60.2 Å². The van der Waals surface area contributed by atoms with Crippen LogP contribution in [-0.2, 0) is 14.4 Å². The molecule has 0 unspecified atom stereocenters. The lowest BCUT2D eigenvalue weighted by molar-refractivity contribution is -0.124. The van der Waals surface area contributed by atoms with E-state index in [-0.39, 0.29) is 18.2 Å². The standard InChI is InChI=1S/C15H16ClN3O3/c16-11-1-3-12(4-2-11)19-14(21)9-13(15(19)22)18-7-5-17(10-20)6-8-18/h1-4,10,13H,5-9H2/t13-/m0/s1. The molecule has 0 spiro atoms. The van der Waals surface area contributed by atoms with Crippen molar-refractivity contribution in [1.29, 1.82) is 0 Å². The van der Waals surface area contributed by atoms with Gasteiger partial charge in [0.15, 0.2) is 0 Å². The maximum atomic E-state index is 12.6. The van der Waals surface area contributed by atoms with E-state index < -0.39 is 6.04 Å². The summed E-state index contributed by atoms with van der Waals surface area (Å²) in [6, 6.07) is 6.23. The predicted molar refractivity (Wildman–Crippen MR) is 81.6 cm³/mol. The van der Waals surface area contributed by atoms with Crippen LogP contribution in [0.15, 0.2) is 24.3 Å². The van der Waals surface area contributed by atoms with Crippen LogP contribution in [0.2, 0.25) is 5.02 Å².